The number of fused-ring (bicyclic) bond motifs is 1. The van der Waals surface area contributed by atoms with Gasteiger partial charge in [0.25, 0.3) is 5.91 Å². The molecule has 0 saturated heterocycles. The van der Waals surface area contributed by atoms with Crippen LogP contribution in [0.2, 0.25) is 0 Å². The van der Waals surface area contributed by atoms with E-state index in [4.69, 9.17) is 0 Å². The van der Waals surface area contributed by atoms with Gasteiger partial charge in [-0.3, -0.25) is 4.79 Å². The summed E-state index contributed by atoms with van der Waals surface area (Å²) in [5.74, 6) is 0.638. The fraction of sp³-hybridized carbons (Fsp3) is 0.267. The molecule has 0 amide bonds. The molecule has 4 nitrogen and oxygen atoms in total. The number of carbonyl (C=O) groups excluding carboxylic acids is 1. The zero-order valence-corrected chi connectivity index (χ0v) is 12.7. The molecule has 0 radical (unpaired) electrons. The van der Waals surface area contributed by atoms with Crippen molar-refractivity contribution in [2.24, 2.45) is 4.99 Å². The highest BCUT2D eigenvalue weighted by molar-refractivity contribution is 9.10. The van der Waals surface area contributed by atoms with Gasteiger partial charge in [0.15, 0.2) is 5.82 Å². The first-order valence-electron chi connectivity index (χ1n) is 6.63. The number of aromatic nitrogens is 2. The van der Waals surface area contributed by atoms with E-state index in [1.165, 1.54) is 4.68 Å². The molecule has 0 unspecified atom stereocenters. The number of hydrogen-bond donors (Lipinski definition) is 0. The van der Waals surface area contributed by atoms with Crippen LogP contribution in [0, 0.1) is 0 Å². The standard InChI is InChI=1S/C15H14BrN3O/c1-2-4-12-8-15(20)19-14(17-12)9-13(18-19)10-5-3-6-11(16)7-10/h3,5-7,9H,2,4,8H2,1H3. The van der Waals surface area contributed by atoms with E-state index < -0.39 is 0 Å². The first-order chi connectivity index (χ1) is 9.67. The predicted molar refractivity (Wildman–Crippen MR) is 82.6 cm³/mol. The van der Waals surface area contributed by atoms with Gasteiger partial charge >= 0.3 is 0 Å². The van der Waals surface area contributed by atoms with Crippen molar-refractivity contribution in [3.63, 3.8) is 0 Å². The summed E-state index contributed by atoms with van der Waals surface area (Å²) in [6, 6.07) is 9.73. The molecule has 2 aromatic rings. The second-order valence-electron chi connectivity index (χ2n) is 4.81. The molecule has 0 atom stereocenters. The Morgan fingerprint density at radius 1 is 1.35 bits per heavy atom. The van der Waals surface area contributed by atoms with Gasteiger partial charge in [-0.15, -0.1) is 0 Å². The van der Waals surface area contributed by atoms with Gasteiger partial charge in [0.1, 0.15) is 0 Å². The summed E-state index contributed by atoms with van der Waals surface area (Å²) in [5.41, 5.74) is 2.70. The summed E-state index contributed by atoms with van der Waals surface area (Å²) in [6.07, 6.45) is 2.24. The van der Waals surface area contributed by atoms with E-state index in [9.17, 15) is 4.79 Å². The predicted octanol–water partition coefficient (Wildman–Crippen LogP) is 4.23. The molecule has 0 bridgehead atoms. The fourth-order valence-electron chi connectivity index (χ4n) is 2.31. The van der Waals surface area contributed by atoms with E-state index in [1.54, 1.807) is 0 Å². The molecular formula is C15H14BrN3O. The Morgan fingerprint density at radius 2 is 2.20 bits per heavy atom. The van der Waals surface area contributed by atoms with Gasteiger partial charge in [-0.25, -0.2) is 4.99 Å². The highest BCUT2D eigenvalue weighted by Crippen LogP contribution is 2.28. The highest BCUT2D eigenvalue weighted by Gasteiger charge is 2.21. The average Bonchev–Trinajstić information content (AvgIpc) is 2.84. The lowest BCUT2D eigenvalue weighted by Gasteiger charge is -2.11. The Bertz CT molecular complexity index is 703. The normalized spacial score (nSPS) is 14.1. The molecule has 2 heterocycles. The summed E-state index contributed by atoms with van der Waals surface area (Å²) >= 11 is 3.44. The molecule has 1 aliphatic heterocycles. The molecule has 102 valence electrons. The maximum absolute atomic E-state index is 12.1. The lowest BCUT2D eigenvalue weighted by Crippen LogP contribution is -2.20. The Balaban J connectivity index is 2.03. The third-order valence-corrected chi connectivity index (χ3v) is 3.71. The van der Waals surface area contributed by atoms with Crippen LogP contribution in [0.1, 0.15) is 31.0 Å². The van der Waals surface area contributed by atoms with Gasteiger partial charge in [-0.1, -0.05) is 41.4 Å². The molecule has 0 aliphatic carbocycles. The molecule has 0 fully saturated rings. The molecule has 3 rings (SSSR count). The number of carbonyl (C=O) groups is 1. The minimum absolute atomic E-state index is 0.000281. The van der Waals surface area contributed by atoms with Crippen molar-refractivity contribution in [2.45, 2.75) is 26.2 Å². The van der Waals surface area contributed by atoms with Crippen LogP contribution in [0.15, 0.2) is 39.8 Å². The molecule has 1 aromatic carbocycles. The van der Waals surface area contributed by atoms with Crippen molar-refractivity contribution in [3.8, 4) is 11.3 Å². The molecular weight excluding hydrogens is 318 g/mol. The molecule has 0 saturated carbocycles. The maximum atomic E-state index is 12.1. The number of hydrogen-bond acceptors (Lipinski definition) is 3. The van der Waals surface area contributed by atoms with Crippen LogP contribution in [-0.4, -0.2) is 21.4 Å². The molecule has 20 heavy (non-hydrogen) atoms. The van der Waals surface area contributed by atoms with Gasteiger partial charge in [-0.05, 0) is 18.6 Å². The summed E-state index contributed by atoms with van der Waals surface area (Å²) in [6.45, 7) is 2.09. The molecule has 1 aromatic heterocycles. The number of halogens is 1. The van der Waals surface area contributed by atoms with Crippen LogP contribution in [0.3, 0.4) is 0 Å². The van der Waals surface area contributed by atoms with E-state index in [-0.39, 0.29) is 5.91 Å². The second-order valence-corrected chi connectivity index (χ2v) is 5.72. The third-order valence-electron chi connectivity index (χ3n) is 3.21. The minimum atomic E-state index is -0.000281. The molecule has 0 spiro atoms. The van der Waals surface area contributed by atoms with Crippen molar-refractivity contribution in [1.29, 1.82) is 0 Å². The molecule has 0 N–H and O–H groups in total. The van der Waals surface area contributed by atoms with Crippen molar-refractivity contribution in [1.82, 2.24) is 9.78 Å². The van der Waals surface area contributed by atoms with Crippen LogP contribution in [0.4, 0.5) is 5.82 Å². The Kier molecular flexibility index (Phi) is 3.53. The topological polar surface area (TPSA) is 47.2 Å². The van der Waals surface area contributed by atoms with E-state index in [0.29, 0.717) is 12.2 Å². The van der Waals surface area contributed by atoms with E-state index >= 15 is 0 Å². The van der Waals surface area contributed by atoms with Crippen molar-refractivity contribution < 1.29 is 4.79 Å². The van der Waals surface area contributed by atoms with Gasteiger partial charge in [0.05, 0.1) is 12.1 Å². The first kappa shape index (κ1) is 13.2. The highest BCUT2D eigenvalue weighted by atomic mass is 79.9. The fourth-order valence-corrected chi connectivity index (χ4v) is 2.71. The summed E-state index contributed by atoms with van der Waals surface area (Å²) < 4.78 is 2.40. The van der Waals surface area contributed by atoms with E-state index in [1.807, 2.05) is 30.3 Å². The average molecular weight is 332 g/mol. The number of aliphatic imine (C=N–C) groups is 1. The number of nitrogens with zero attached hydrogens (tertiary/aromatic N) is 3. The largest absolute Gasteiger partial charge is 0.272 e. The number of benzene rings is 1. The van der Waals surface area contributed by atoms with Crippen molar-refractivity contribution in [2.75, 3.05) is 0 Å². The number of rotatable bonds is 3. The van der Waals surface area contributed by atoms with Crippen LogP contribution in [0.25, 0.3) is 11.3 Å². The quantitative estimate of drug-likeness (QED) is 0.844. The van der Waals surface area contributed by atoms with Crippen LogP contribution in [-0.2, 0) is 0 Å². The van der Waals surface area contributed by atoms with E-state index in [0.717, 1.165) is 34.3 Å². The lowest BCUT2D eigenvalue weighted by atomic mass is 10.1. The van der Waals surface area contributed by atoms with Gasteiger partial charge in [0, 0.05) is 21.8 Å². The van der Waals surface area contributed by atoms with Gasteiger partial charge in [0.2, 0.25) is 0 Å². The van der Waals surface area contributed by atoms with Gasteiger partial charge in [-0.2, -0.15) is 9.78 Å². The Labute approximate surface area is 125 Å². The zero-order valence-electron chi connectivity index (χ0n) is 11.1. The van der Waals surface area contributed by atoms with Crippen LogP contribution in [0.5, 0.6) is 0 Å². The summed E-state index contributed by atoms with van der Waals surface area (Å²) in [7, 11) is 0. The Morgan fingerprint density at radius 3 is 2.95 bits per heavy atom. The smallest absolute Gasteiger partial charge is 0.254 e. The minimum Gasteiger partial charge on any atom is -0.272 e. The Hall–Kier alpha value is -1.75. The SMILES string of the molecule is CCCC1=Nc2cc(-c3cccc(Br)c3)nn2C(=O)C1. The summed E-state index contributed by atoms with van der Waals surface area (Å²) in [4.78, 5) is 16.6. The second kappa shape index (κ2) is 5.32. The monoisotopic (exact) mass is 331 g/mol. The van der Waals surface area contributed by atoms with Crippen LogP contribution >= 0.6 is 15.9 Å². The zero-order chi connectivity index (χ0) is 14.1. The van der Waals surface area contributed by atoms with Crippen molar-refractivity contribution in [3.05, 3.63) is 34.8 Å². The first-order valence-corrected chi connectivity index (χ1v) is 7.42. The third kappa shape index (κ3) is 2.45. The molecule has 5 heteroatoms. The lowest BCUT2D eigenvalue weighted by molar-refractivity contribution is 0.0906. The van der Waals surface area contributed by atoms with Crippen molar-refractivity contribution >= 4 is 33.4 Å². The van der Waals surface area contributed by atoms with Gasteiger partial charge < -0.3 is 0 Å². The van der Waals surface area contributed by atoms with Crippen LogP contribution < -0.4 is 0 Å². The maximum Gasteiger partial charge on any atom is 0.254 e. The molecule has 1 aliphatic rings. The van der Waals surface area contributed by atoms with E-state index in [2.05, 4.69) is 32.9 Å². The summed E-state index contributed by atoms with van der Waals surface area (Å²) in [5, 5.41) is 4.38.